The Bertz CT molecular complexity index is 510. The first kappa shape index (κ1) is 10.6. The number of halogens is 2. The first-order valence-electron chi connectivity index (χ1n) is 4.08. The monoisotopic (exact) mass is 257 g/mol. The van der Waals surface area contributed by atoms with Crippen molar-refractivity contribution < 1.29 is 4.79 Å². The number of carbonyl (C=O) groups is 1. The van der Waals surface area contributed by atoms with Crippen LogP contribution in [0, 0.1) is 0 Å². The summed E-state index contributed by atoms with van der Waals surface area (Å²) in [4.78, 5) is 16.3. The zero-order valence-electron chi connectivity index (χ0n) is 7.41. The maximum atomic E-state index is 11.9. The van der Waals surface area contributed by atoms with Gasteiger partial charge in [-0.25, -0.2) is 4.98 Å². The van der Waals surface area contributed by atoms with E-state index in [-0.39, 0.29) is 5.78 Å². The average molecular weight is 258 g/mol. The molecular formula is C10H5Cl2NOS. The van der Waals surface area contributed by atoms with Gasteiger partial charge in [-0.3, -0.25) is 4.79 Å². The molecule has 0 saturated heterocycles. The minimum absolute atomic E-state index is 0.126. The molecule has 0 fully saturated rings. The summed E-state index contributed by atoms with van der Waals surface area (Å²) in [6, 6.07) is 4.84. The lowest BCUT2D eigenvalue weighted by Crippen LogP contribution is -1.99. The predicted octanol–water partition coefficient (Wildman–Crippen LogP) is 3.68. The number of pyridine rings is 1. The number of carbonyl (C=O) groups excluding carboxylic acids is 1. The van der Waals surface area contributed by atoms with Gasteiger partial charge in [0.1, 0.15) is 5.15 Å². The van der Waals surface area contributed by atoms with Gasteiger partial charge in [0, 0.05) is 11.8 Å². The van der Waals surface area contributed by atoms with E-state index in [9.17, 15) is 4.79 Å². The maximum Gasteiger partial charge on any atom is 0.204 e. The summed E-state index contributed by atoms with van der Waals surface area (Å²) in [6.07, 6.45) is 1.50. The van der Waals surface area contributed by atoms with Gasteiger partial charge in [0.25, 0.3) is 0 Å². The lowest BCUT2D eigenvalue weighted by Gasteiger charge is -1.98. The van der Waals surface area contributed by atoms with Crippen molar-refractivity contribution >= 4 is 40.3 Å². The molecule has 0 saturated carbocycles. The molecule has 2 heterocycles. The Kier molecular flexibility index (Phi) is 3.05. The number of nitrogens with zero attached hydrogens (tertiary/aromatic N) is 1. The molecule has 0 amide bonds. The van der Waals surface area contributed by atoms with E-state index in [1.54, 1.807) is 17.5 Å². The summed E-state index contributed by atoms with van der Waals surface area (Å²) in [5.74, 6) is -0.126. The summed E-state index contributed by atoms with van der Waals surface area (Å²) < 4.78 is 0. The SMILES string of the molecule is O=C(c1ccnc(Cl)c1)c1sccc1Cl. The molecule has 76 valence electrons. The Labute approximate surface area is 100 Å². The minimum atomic E-state index is -0.126. The molecule has 2 rings (SSSR count). The lowest BCUT2D eigenvalue weighted by molar-refractivity contribution is 0.104. The summed E-state index contributed by atoms with van der Waals surface area (Å²) >= 11 is 12.9. The molecular weight excluding hydrogens is 253 g/mol. The first-order chi connectivity index (χ1) is 7.18. The molecule has 0 radical (unpaired) electrons. The predicted molar refractivity (Wildman–Crippen MR) is 62.0 cm³/mol. The molecule has 2 aromatic heterocycles. The molecule has 0 aromatic carbocycles. The van der Waals surface area contributed by atoms with Crippen LogP contribution in [0.3, 0.4) is 0 Å². The molecule has 0 aliphatic rings. The van der Waals surface area contributed by atoms with E-state index in [2.05, 4.69) is 4.98 Å². The van der Waals surface area contributed by atoms with Gasteiger partial charge in [0.05, 0.1) is 9.90 Å². The van der Waals surface area contributed by atoms with Gasteiger partial charge < -0.3 is 0 Å². The molecule has 0 spiro atoms. The molecule has 0 bridgehead atoms. The molecule has 5 heteroatoms. The van der Waals surface area contributed by atoms with Gasteiger partial charge in [0.2, 0.25) is 5.78 Å². The summed E-state index contributed by atoms with van der Waals surface area (Å²) in [7, 11) is 0. The van der Waals surface area contributed by atoms with Gasteiger partial charge >= 0.3 is 0 Å². The summed E-state index contributed by atoms with van der Waals surface area (Å²) in [5.41, 5.74) is 0.499. The Morgan fingerprint density at radius 1 is 1.33 bits per heavy atom. The number of hydrogen-bond donors (Lipinski definition) is 0. The van der Waals surface area contributed by atoms with Crippen LogP contribution in [0.25, 0.3) is 0 Å². The standard InChI is InChI=1S/C10H5Cl2NOS/c11-7-2-4-15-10(7)9(14)6-1-3-13-8(12)5-6/h1-5H. The zero-order valence-corrected chi connectivity index (χ0v) is 9.73. The van der Waals surface area contributed by atoms with E-state index < -0.39 is 0 Å². The van der Waals surface area contributed by atoms with E-state index in [1.165, 1.54) is 23.6 Å². The number of aromatic nitrogens is 1. The van der Waals surface area contributed by atoms with Gasteiger partial charge in [-0.15, -0.1) is 11.3 Å². The Balaban J connectivity index is 2.41. The van der Waals surface area contributed by atoms with Crippen molar-refractivity contribution in [2.45, 2.75) is 0 Å². The largest absolute Gasteiger partial charge is 0.288 e. The molecule has 0 aliphatic heterocycles. The van der Waals surface area contributed by atoms with E-state index in [4.69, 9.17) is 23.2 Å². The Hall–Kier alpha value is -0.900. The minimum Gasteiger partial charge on any atom is -0.288 e. The number of hydrogen-bond acceptors (Lipinski definition) is 3. The van der Waals surface area contributed by atoms with Crippen LogP contribution in [0.4, 0.5) is 0 Å². The van der Waals surface area contributed by atoms with Crippen LogP contribution in [0.5, 0.6) is 0 Å². The molecule has 15 heavy (non-hydrogen) atoms. The zero-order chi connectivity index (χ0) is 10.8. The number of thiophene rings is 1. The highest BCUT2D eigenvalue weighted by Crippen LogP contribution is 2.25. The second-order valence-electron chi connectivity index (χ2n) is 2.79. The maximum absolute atomic E-state index is 11.9. The van der Waals surface area contributed by atoms with Crippen molar-refractivity contribution in [2.24, 2.45) is 0 Å². The van der Waals surface area contributed by atoms with Crippen molar-refractivity contribution in [3.05, 3.63) is 50.4 Å². The van der Waals surface area contributed by atoms with Crippen LogP contribution < -0.4 is 0 Å². The quantitative estimate of drug-likeness (QED) is 0.607. The van der Waals surface area contributed by atoms with Crippen LogP contribution in [0.15, 0.2) is 29.8 Å². The number of rotatable bonds is 2. The van der Waals surface area contributed by atoms with Gasteiger partial charge in [-0.05, 0) is 23.6 Å². The Morgan fingerprint density at radius 3 is 2.73 bits per heavy atom. The fourth-order valence-corrected chi connectivity index (χ4v) is 2.41. The van der Waals surface area contributed by atoms with Gasteiger partial charge in [0.15, 0.2) is 0 Å². The topological polar surface area (TPSA) is 30.0 Å². The third-order valence-corrected chi connectivity index (χ3v) is 3.36. The van der Waals surface area contributed by atoms with Crippen molar-refractivity contribution in [1.29, 1.82) is 0 Å². The summed E-state index contributed by atoms with van der Waals surface area (Å²) in [5, 5.41) is 2.55. The van der Waals surface area contributed by atoms with Crippen LogP contribution in [-0.4, -0.2) is 10.8 Å². The van der Waals surface area contributed by atoms with E-state index >= 15 is 0 Å². The first-order valence-corrected chi connectivity index (χ1v) is 5.71. The van der Waals surface area contributed by atoms with Crippen LogP contribution >= 0.6 is 34.5 Å². The van der Waals surface area contributed by atoms with Crippen molar-refractivity contribution in [2.75, 3.05) is 0 Å². The fraction of sp³-hybridized carbons (Fsp3) is 0. The molecule has 0 atom stereocenters. The highest BCUT2D eigenvalue weighted by Gasteiger charge is 2.14. The van der Waals surface area contributed by atoms with Crippen molar-refractivity contribution in [3.8, 4) is 0 Å². The number of ketones is 1. The van der Waals surface area contributed by atoms with Crippen molar-refractivity contribution in [3.63, 3.8) is 0 Å². The molecule has 0 N–H and O–H groups in total. The second-order valence-corrected chi connectivity index (χ2v) is 4.50. The molecule has 0 aliphatic carbocycles. The molecule has 0 unspecified atom stereocenters. The smallest absolute Gasteiger partial charge is 0.204 e. The average Bonchev–Trinajstić information content (AvgIpc) is 2.63. The van der Waals surface area contributed by atoms with Crippen LogP contribution in [0.1, 0.15) is 15.2 Å². The highest BCUT2D eigenvalue weighted by molar-refractivity contribution is 7.13. The van der Waals surface area contributed by atoms with E-state index in [0.29, 0.717) is 20.6 Å². The molecule has 2 aromatic rings. The Morgan fingerprint density at radius 2 is 2.13 bits per heavy atom. The van der Waals surface area contributed by atoms with Gasteiger partial charge in [-0.2, -0.15) is 0 Å². The van der Waals surface area contributed by atoms with Crippen LogP contribution in [-0.2, 0) is 0 Å². The highest BCUT2D eigenvalue weighted by atomic mass is 35.5. The molecule has 2 nitrogen and oxygen atoms in total. The van der Waals surface area contributed by atoms with Crippen LogP contribution in [0.2, 0.25) is 10.2 Å². The normalized spacial score (nSPS) is 10.3. The lowest BCUT2D eigenvalue weighted by atomic mass is 10.1. The fourth-order valence-electron chi connectivity index (χ4n) is 1.13. The third kappa shape index (κ3) is 2.20. The third-order valence-electron chi connectivity index (χ3n) is 1.81. The second kappa shape index (κ2) is 4.31. The van der Waals surface area contributed by atoms with E-state index in [0.717, 1.165) is 0 Å². The summed E-state index contributed by atoms with van der Waals surface area (Å²) in [6.45, 7) is 0. The van der Waals surface area contributed by atoms with E-state index in [1.807, 2.05) is 0 Å². The van der Waals surface area contributed by atoms with Crippen molar-refractivity contribution in [1.82, 2.24) is 4.98 Å². The van der Waals surface area contributed by atoms with Gasteiger partial charge in [-0.1, -0.05) is 23.2 Å².